The summed E-state index contributed by atoms with van der Waals surface area (Å²) in [4.78, 5) is 23.3. The zero-order chi connectivity index (χ0) is 22.3. The second-order valence-electron chi connectivity index (χ2n) is 8.22. The van der Waals surface area contributed by atoms with Gasteiger partial charge in [-0.3, -0.25) is 0 Å². The summed E-state index contributed by atoms with van der Waals surface area (Å²) in [5.41, 5.74) is 3.18. The number of nitrogens with zero attached hydrogens (tertiary/aromatic N) is 3. The van der Waals surface area contributed by atoms with Crippen molar-refractivity contribution < 1.29 is 14.6 Å². The van der Waals surface area contributed by atoms with E-state index in [1.165, 1.54) is 18.2 Å². The number of hydrogen-bond acceptors (Lipinski definition) is 5. The number of anilines is 1. The van der Waals surface area contributed by atoms with Crippen molar-refractivity contribution in [3.8, 4) is 5.75 Å². The molecule has 1 fully saturated rings. The molecule has 6 nitrogen and oxygen atoms in total. The number of carboxylic acid groups (broad SMARTS) is 1. The van der Waals surface area contributed by atoms with Crippen molar-refractivity contribution in [2.24, 2.45) is 0 Å². The molecule has 3 aromatic rings. The van der Waals surface area contributed by atoms with Gasteiger partial charge in [-0.15, -0.1) is 0 Å². The molecule has 0 saturated carbocycles. The molecule has 0 bridgehead atoms. The highest BCUT2D eigenvalue weighted by atomic mass is 16.5. The SMILES string of the molecule is COc1ccc(CCc2nc(N3CCCC[C@H]3Cc3ccccc3)ncc2C(=O)O)cc1. The van der Waals surface area contributed by atoms with Crippen LogP contribution in [0.4, 0.5) is 5.95 Å². The summed E-state index contributed by atoms with van der Waals surface area (Å²) in [7, 11) is 1.64. The van der Waals surface area contributed by atoms with Crippen molar-refractivity contribution in [1.29, 1.82) is 0 Å². The predicted octanol–water partition coefficient (Wildman–Crippen LogP) is 4.57. The lowest BCUT2D eigenvalue weighted by molar-refractivity contribution is 0.0694. The van der Waals surface area contributed by atoms with Crippen LogP contribution in [0.2, 0.25) is 0 Å². The van der Waals surface area contributed by atoms with E-state index in [4.69, 9.17) is 9.72 Å². The molecule has 0 amide bonds. The molecule has 1 saturated heterocycles. The van der Waals surface area contributed by atoms with Crippen molar-refractivity contribution in [1.82, 2.24) is 9.97 Å². The minimum Gasteiger partial charge on any atom is -0.497 e. The second kappa shape index (κ2) is 10.3. The maximum Gasteiger partial charge on any atom is 0.339 e. The maximum atomic E-state index is 11.8. The number of aromatic nitrogens is 2. The van der Waals surface area contributed by atoms with E-state index in [0.717, 1.165) is 37.1 Å². The standard InChI is InChI=1S/C26H29N3O3/c1-32-22-13-10-19(11-14-22)12-15-24-23(25(30)31)18-27-26(28-24)29-16-6-5-9-21(29)17-20-7-3-2-4-8-20/h2-4,7-8,10-11,13-14,18,21H,5-6,9,12,15-17H2,1H3,(H,30,31)/t21-/m0/s1. The lowest BCUT2D eigenvalue weighted by Gasteiger charge is -2.36. The third-order valence-corrected chi connectivity index (χ3v) is 6.09. The number of carboxylic acids is 1. The average molecular weight is 432 g/mol. The van der Waals surface area contributed by atoms with E-state index in [9.17, 15) is 9.90 Å². The van der Waals surface area contributed by atoms with Crippen LogP contribution in [0, 0.1) is 0 Å². The summed E-state index contributed by atoms with van der Waals surface area (Å²) < 4.78 is 5.21. The third kappa shape index (κ3) is 5.25. The Bertz CT molecular complexity index is 1040. The number of ether oxygens (including phenoxy) is 1. The molecule has 1 aromatic heterocycles. The molecule has 0 unspecified atom stereocenters. The zero-order valence-electron chi connectivity index (χ0n) is 18.4. The van der Waals surface area contributed by atoms with Gasteiger partial charge in [0.15, 0.2) is 0 Å². The number of methoxy groups -OCH3 is 1. The van der Waals surface area contributed by atoms with Crippen LogP contribution in [0.15, 0.2) is 60.8 Å². The number of hydrogen-bond donors (Lipinski definition) is 1. The number of rotatable bonds is 8. The summed E-state index contributed by atoms with van der Waals surface area (Å²) in [5, 5.41) is 9.67. The number of piperidine rings is 1. The lowest BCUT2D eigenvalue weighted by Crippen LogP contribution is -2.42. The van der Waals surface area contributed by atoms with Gasteiger partial charge in [-0.05, 0) is 61.8 Å². The largest absolute Gasteiger partial charge is 0.497 e. The maximum absolute atomic E-state index is 11.8. The summed E-state index contributed by atoms with van der Waals surface area (Å²) in [6, 6.07) is 18.6. The first-order valence-electron chi connectivity index (χ1n) is 11.2. The van der Waals surface area contributed by atoms with Gasteiger partial charge in [0.2, 0.25) is 5.95 Å². The molecule has 0 spiro atoms. The molecule has 2 heterocycles. The summed E-state index contributed by atoms with van der Waals surface area (Å²) in [6.45, 7) is 0.891. The highest BCUT2D eigenvalue weighted by Gasteiger charge is 2.26. The molecule has 4 rings (SSSR count). The third-order valence-electron chi connectivity index (χ3n) is 6.09. The highest BCUT2D eigenvalue weighted by molar-refractivity contribution is 5.88. The van der Waals surface area contributed by atoms with Crippen molar-refractivity contribution in [3.63, 3.8) is 0 Å². The van der Waals surface area contributed by atoms with Gasteiger partial charge >= 0.3 is 5.97 Å². The number of carbonyl (C=O) groups is 1. The first-order valence-corrected chi connectivity index (χ1v) is 11.2. The predicted molar refractivity (Wildman–Crippen MR) is 125 cm³/mol. The summed E-state index contributed by atoms with van der Waals surface area (Å²) >= 11 is 0. The fourth-order valence-electron chi connectivity index (χ4n) is 4.33. The van der Waals surface area contributed by atoms with Crippen LogP contribution in [-0.2, 0) is 19.3 Å². The number of aromatic carboxylic acids is 1. The van der Waals surface area contributed by atoms with Crippen LogP contribution in [-0.4, -0.2) is 40.7 Å². The molecule has 1 N–H and O–H groups in total. The van der Waals surface area contributed by atoms with Gasteiger partial charge in [-0.1, -0.05) is 42.5 Å². The van der Waals surface area contributed by atoms with Crippen LogP contribution in [0.25, 0.3) is 0 Å². The van der Waals surface area contributed by atoms with Crippen LogP contribution in [0.3, 0.4) is 0 Å². The Kier molecular flexibility index (Phi) is 7.00. The van der Waals surface area contributed by atoms with E-state index in [1.54, 1.807) is 7.11 Å². The van der Waals surface area contributed by atoms with E-state index >= 15 is 0 Å². The van der Waals surface area contributed by atoms with Gasteiger partial charge < -0.3 is 14.7 Å². The van der Waals surface area contributed by atoms with Crippen molar-refractivity contribution in [2.45, 2.75) is 44.6 Å². The van der Waals surface area contributed by atoms with E-state index in [2.05, 4.69) is 34.1 Å². The lowest BCUT2D eigenvalue weighted by atomic mass is 9.96. The van der Waals surface area contributed by atoms with E-state index in [0.29, 0.717) is 30.5 Å². The van der Waals surface area contributed by atoms with Crippen LogP contribution in [0.5, 0.6) is 5.75 Å². The van der Waals surface area contributed by atoms with E-state index in [1.807, 2.05) is 30.3 Å². The Morgan fingerprint density at radius 3 is 2.56 bits per heavy atom. The highest BCUT2D eigenvalue weighted by Crippen LogP contribution is 2.26. The fourth-order valence-corrected chi connectivity index (χ4v) is 4.33. The topological polar surface area (TPSA) is 75.5 Å². The van der Waals surface area contributed by atoms with Gasteiger partial charge in [0, 0.05) is 18.8 Å². The summed E-state index contributed by atoms with van der Waals surface area (Å²) in [5.74, 6) is 0.458. The van der Waals surface area contributed by atoms with Crippen LogP contribution < -0.4 is 9.64 Å². The molecular formula is C26H29N3O3. The van der Waals surface area contributed by atoms with E-state index < -0.39 is 5.97 Å². The van der Waals surface area contributed by atoms with Crippen molar-refractivity contribution >= 4 is 11.9 Å². The molecule has 0 radical (unpaired) electrons. The molecule has 6 heteroatoms. The van der Waals surface area contributed by atoms with Crippen LogP contribution in [0.1, 0.15) is 46.4 Å². The Labute approximate surface area is 188 Å². The molecule has 1 atom stereocenters. The smallest absolute Gasteiger partial charge is 0.339 e. The Balaban J connectivity index is 1.55. The fraction of sp³-hybridized carbons (Fsp3) is 0.346. The normalized spacial score (nSPS) is 16.0. The van der Waals surface area contributed by atoms with Gasteiger partial charge in [-0.2, -0.15) is 0 Å². The first kappa shape index (κ1) is 21.8. The molecule has 166 valence electrons. The van der Waals surface area contributed by atoms with Gasteiger partial charge in [-0.25, -0.2) is 14.8 Å². The Morgan fingerprint density at radius 2 is 1.84 bits per heavy atom. The average Bonchev–Trinajstić information content (AvgIpc) is 2.84. The van der Waals surface area contributed by atoms with Crippen LogP contribution >= 0.6 is 0 Å². The number of aryl methyl sites for hydroxylation is 2. The van der Waals surface area contributed by atoms with E-state index in [-0.39, 0.29) is 5.56 Å². The van der Waals surface area contributed by atoms with Gasteiger partial charge in [0.05, 0.1) is 18.4 Å². The Morgan fingerprint density at radius 1 is 1.06 bits per heavy atom. The molecule has 32 heavy (non-hydrogen) atoms. The van der Waals surface area contributed by atoms with Gasteiger partial charge in [0.25, 0.3) is 0 Å². The molecule has 1 aliphatic rings. The van der Waals surface area contributed by atoms with Crippen molar-refractivity contribution in [2.75, 3.05) is 18.6 Å². The molecular weight excluding hydrogens is 402 g/mol. The second-order valence-corrected chi connectivity index (χ2v) is 8.22. The summed E-state index contributed by atoms with van der Waals surface area (Å²) in [6.07, 6.45) is 7.02. The quantitative estimate of drug-likeness (QED) is 0.563. The minimum atomic E-state index is -0.985. The first-order chi connectivity index (χ1) is 15.6. The van der Waals surface area contributed by atoms with Gasteiger partial charge in [0.1, 0.15) is 5.75 Å². The molecule has 2 aromatic carbocycles. The molecule has 1 aliphatic heterocycles. The zero-order valence-corrected chi connectivity index (χ0v) is 18.4. The minimum absolute atomic E-state index is 0.180. The van der Waals surface area contributed by atoms with Crippen molar-refractivity contribution in [3.05, 3.63) is 83.2 Å². The number of benzene rings is 2. The molecule has 0 aliphatic carbocycles. The Hall–Kier alpha value is -3.41. The monoisotopic (exact) mass is 431 g/mol.